The van der Waals surface area contributed by atoms with E-state index in [1.165, 1.54) is 55.6 Å². The quantitative estimate of drug-likeness (QED) is 0.00909. The smallest absolute Gasteiger partial charge is 0.248 e. The van der Waals surface area contributed by atoms with Crippen LogP contribution in [0.25, 0.3) is 21.6 Å². The number of aliphatic hydroxyl groups excluding tert-OH is 5. The lowest BCUT2D eigenvalue weighted by atomic mass is 9.84. The Labute approximate surface area is 753 Å². The Balaban J connectivity index is 0.00000388. The molecule has 7 heterocycles. The van der Waals surface area contributed by atoms with E-state index in [4.69, 9.17) is 79.4 Å². The van der Waals surface area contributed by atoms with Gasteiger partial charge in [0, 0.05) is 57.9 Å². The maximum atomic E-state index is 16.5. The highest BCUT2D eigenvalue weighted by Crippen LogP contribution is 2.50. The summed E-state index contributed by atoms with van der Waals surface area (Å²) < 4.78 is 46.2. The number of likely N-dealkylation sites (N-methyl/N-ethyl adjacent to an activating group) is 1. The molecule has 36 nitrogen and oxygen atoms in total. The Hall–Kier alpha value is -10.9. The van der Waals surface area contributed by atoms with E-state index in [1.54, 1.807) is 38.1 Å². The van der Waals surface area contributed by atoms with Gasteiger partial charge in [-0.25, -0.2) is 0 Å². The number of aromatic hydroxyl groups is 3. The summed E-state index contributed by atoms with van der Waals surface area (Å²) in [6.07, 6.45) is -17.6. The van der Waals surface area contributed by atoms with Crippen LogP contribution >= 0.6 is 42.7 Å². The minimum Gasteiger partial charge on any atom is -0.508 e. The van der Waals surface area contributed by atoms with E-state index in [2.05, 4.69) is 84.5 Å². The number of primary amides is 1. The SMILES string of the molecule is C=C1N[C@@H]2C(=O)N[C@@H](C(=O)NCCCCN)c3cc(O)cc(O)c3-c3cc(ccc3O)C1NC(=O)[C@@H]1NC(=O)[C@H](CC(N)=O)NC(=O)[C@H](NC(=O)[C@@H](CC(C)C)NC)[C@H](O)c3ccc(c(Cl)c3)Oc3cc1cc(c3OC1OC(CN=[N+]=[N-])C(O)C(O)C1OC1CC(C)(NCc3ccc(OCc4ccc(Cl)cc4)cc3)C(O)C(C)O1)Oc1ccc(cc1Cl)[C@H]2O.CP(C)C. The number of phenolic OH excluding ortho intramolecular Hbond substituents is 3. The maximum absolute atomic E-state index is 16.5. The molecule has 0 aromatic heterocycles. The molecule has 0 saturated carbocycles. The molecule has 0 radical (unpaired) electrons. The Bertz CT molecular complexity index is 5250. The first-order chi connectivity index (χ1) is 60.8. The van der Waals surface area contributed by atoms with Crippen LogP contribution in [0.5, 0.6) is 51.7 Å². The molecular weight excluding hydrogens is 1740 g/mol. The number of ether oxygens (including phenoxy) is 7. The molecule has 128 heavy (non-hydrogen) atoms. The lowest BCUT2D eigenvalue weighted by Gasteiger charge is -2.48. The van der Waals surface area contributed by atoms with Crippen LogP contribution in [-0.4, -0.2) is 208 Å². The molecule has 7 aliphatic heterocycles. The molecule has 7 aromatic carbocycles. The molecule has 686 valence electrons. The van der Waals surface area contributed by atoms with Crippen molar-refractivity contribution in [2.24, 2.45) is 22.5 Å². The highest BCUT2D eigenvalue weighted by Gasteiger charge is 2.52. The Morgan fingerprint density at radius 2 is 1.36 bits per heavy atom. The van der Waals surface area contributed by atoms with Crippen molar-refractivity contribution in [3.8, 4) is 62.9 Å². The van der Waals surface area contributed by atoms with Crippen LogP contribution in [-0.2, 0) is 60.9 Å². The lowest BCUT2D eigenvalue weighted by molar-refractivity contribution is -0.331. The number of fused-ring (bicyclic) bond motifs is 15. The van der Waals surface area contributed by atoms with Gasteiger partial charge >= 0.3 is 0 Å². The molecule has 40 heteroatoms. The molecule has 7 amide bonds. The normalized spacial score (nSPS) is 25.4. The van der Waals surface area contributed by atoms with Gasteiger partial charge in [-0.2, -0.15) is 0 Å². The molecule has 0 aliphatic carbocycles. The summed E-state index contributed by atoms with van der Waals surface area (Å²) in [4.78, 5) is 108. The van der Waals surface area contributed by atoms with E-state index < -0.39 is 204 Å². The van der Waals surface area contributed by atoms with E-state index >= 15 is 19.2 Å². The van der Waals surface area contributed by atoms with E-state index in [0.717, 1.165) is 41.5 Å². The Morgan fingerprint density at radius 1 is 0.727 bits per heavy atom. The maximum Gasteiger partial charge on any atom is 0.248 e. The highest BCUT2D eigenvalue weighted by atomic mass is 35.5. The number of azide groups is 1. The number of halogens is 3. The van der Waals surface area contributed by atoms with Gasteiger partial charge in [-0.3, -0.25) is 33.6 Å². The van der Waals surface area contributed by atoms with Crippen molar-refractivity contribution in [1.29, 1.82) is 0 Å². The third-order valence-electron chi connectivity index (χ3n) is 21.9. The average molecular weight is 1850 g/mol. The summed E-state index contributed by atoms with van der Waals surface area (Å²) in [6.45, 7) is 18.0. The number of unbranched alkanes of at least 4 members (excludes halogenated alkanes) is 1. The molecule has 18 atom stereocenters. The van der Waals surface area contributed by atoms with Crippen LogP contribution in [0.3, 0.4) is 0 Å². The van der Waals surface area contributed by atoms with Gasteiger partial charge in [0.15, 0.2) is 23.9 Å². The number of amides is 7. The van der Waals surface area contributed by atoms with Crippen molar-refractivity contribution in [2.75, 3.05) is 46.7 Å². The topological polar surface area (TPSA) is 555 Å². The van der Waals surface area contributed by atoms with Crippen molar-refractivity contribution in [3.63, 3.8) is 0 Å². The first-order valence-corrected chi connectivity index (χ1v) is 45.0. The van der Waals surface area contributed by atoms with Gasteiger partial charge in [0.1, 0.15) is 95.7 Å². The molecule has 2 fully saturated rings. The molecular formula is C88H106Cl3N14O22P. The van der Waals surface area contributed by atoms with Crippen molar-refractivity contribution in [3.05, 3.63) is 204 Å². The number of benzene rings is 7. The average Bonchev–Trinajstić information content (AvgIpc) is 0.762. The Kier molecular flexibility index (Phi) is 33.2. The van der Waals surface area contributed by atoms with Gasteiger partial charge in [0.25, 0.3) is 0 Å². The van der Waals surface area contributed by atoms with Gasteiger partial charge in [-0.15, -0.1) is 7.92 Å². The largest absolute Gasteiger partial charge is 0.508 e. The predicted molar refractivity (Wildman–Crippen MR) is 474 cm³/mol. The van der Waals surface area contributed by atoms with Crippen molar-refractivity contribution >= 4 is 84.1 Å². The van der Waals surface area contributed by atoms with E-state index in [1.807, 2.05) is 38.1 Å². The number of carbonyl (C=O) groups excluding carboxylic acids is 7. The molecule has 2 saturated heterocycles. The fourth-order valence-electron chi connectivity index (χ4n) is 15.2. The monoisotopic (exact) mass is 1850 g/mol. The number of nitrogens with zero attached hydrogens (tertiary/aromatic N) is 3. The molecule has 7 aliphatic rings. The number of carbonyl (C=O) groups is 7. The van der Waals surface area contributed by atoms with Crippen molar-refractivity contribution in [1.82, 2.24) is 47.9 Å². The summed E-state index contributed by atoms with van der Waals surface area (Å²) in [5.41, 5.74) is 19.7. The van der Waals surface area contributed by atoms with Gasteiger partial charge in [-0.1, -0.05) is 103 Å². The first-order valence-electron chi connectivity index (χ1n) is 41.1. The molecule has 7 aromatic rings. The molecule has 0 spiro atoms. The Morgan fingerprint density at radius 3 is 1.98 bits per heavy atom. The number of hydrogen-bond acceptors (Lipinski definition) is 27. The van der Waals surface area contributed by atoms with Crippen molar-refractivity contribution in [2.45, 2.75) is 182 Å². The van der Waals surface area contributed by atoms with Crippen LogP contribution < -0.4 is 78.3 Å². The highest BCUT2D eigenvalue weighted by molar-refractivity contribution is 7.55. The van der Waals surface area contributed by atoms with Crippen LogP contribution in [0.15, 0.2) is 145 Å². The number of nitrogens with one attached hydrogen (secondary N) is 9. The number of rotatable bonds is 24. The van der Waals surface area contributed by atoms with Crippen LogP contribution in [0.1, 0.15) is 129 Å². The second-order valence-electron chi connectivity index (χ2n) is 32.7. The summed E-state index contributed by atoms with van der Waals surface area (Å²) in [5, 5.41) is 126. The minimum atomic E-state index is -2.26. The minimum absolute atomic E-state index is 0.00779. The standard InChI is InChI=1S/C85H97Cl3N14O22.C3H9P/c1-38(2)25-54(92-6)78(112)101-70-72(108)45-15-22-59(53(88)28-45)121-61-30-46-29-60(75(61)124-84-76(74(110)73(109)62(122-84)36-95-102-91)123-64-34-85(5,77(111)40(4)119-64)94-35-41-11-18-49(19-12-41)118-37-42-9-16-47(86)17-10-42)120-58-21-14-44(27-52(58)87)71(107)69-83(117)100-68(80(114)93-24-8-7-23-89)51-31-48(103)32-57(105)65(51)50-26-43(13-20-56(50)104)66(39(3)96-69)98-81(115)67(46)99-79(113)55(33-63(90)106)97-82(70)116;1-4(2)3/h9-22,26-32,38,40,54-55,62,64,66-74,76-77,84,92,94,96,103-105,107-111H,3,7-8,23-25,33-37,89H2,1-2,4-6H3,(H2,90,106)(H,93,114)(H,97,116)(H,98,115)(H,99,113)(H,100,117)(H,101,112);1-3H3/t40?,54-,55+,62?,64?,66?,67-,68-,69+,70-,71-,72-,73?,74?,76?,77?,84?,85?;/m1./s1. The molecule has 21 N–H and O–H groups in total. The fourth-order valence-corrected chi connectivity index (χ4v) is 15.8. The second-order valence-corrected chi connectivity index (χ2v) is 36.7. The van der Waals surface area contributed by atoms with Gasteiger partial charge in [0.05, 0.1) is 53.4 Å². The zero-order valence-corrected chi connectivity index (χ0v) is 74.3. The van der Waals surface area contributed by atoms with Gasteiger partial charge in [0.2, 0.25) is 53.4 Å². The van der Waals surface area contributed by atoms with Crippen LogP contribution in [0, 0.1) is 5.92 Å². The van der Waals surface area contributed by atoms with Gasteiger partial charge < -0.3 is 133 Å². The molecule has 11 bridgehead atoms. The van der Waals surface area contributed by atoms with E-state index in [-0.39, 0.29) is 106 Å². The van der Waals surface area contributed by atoms with Gasteiger partial charge in [-0.05, 0) is 196 Å². The number of hydrogen-bond donors (Lipinski definition) is 19. The third-order valence-corrected chi connectivity index (χ3v) is 22.7. The molecule has 14 rings (SSSR count). The summed E-state index contributed by atoms with van der Waals surface area (Å²) in [6, 6.07) is 16.6. The van der Waals surface area contributed by atoms with Crippen LogP contribution in [0.4, 0.5) is 0 Å². The van der Waals surface area contributed by atoms with E-state index in [0.29, 0.717) is 31.5 Å². The van der Waals surface area contributed by atoms with Crippen LogP contribution in [0.2, 0.25) is 15.1 Å². The zero-order chi connectivity index (χ0) is 92.9. The summed E-state index contributed by atoms with van der Waals surface area (Å²) in [7, 11) is 1.87. The zero-order valence-electron chi connectivity index (χ0n) is 71.2. The third kappa shape index (κ3) is 24.0. The van der Waals surface area contributed by atoms with Crippen molar-refractivity contribution < 1.29 is 108 Å². The first kappa shape index (κ1) is 97.7. The van der Waals surface area contributed by atoms with E-state index in [9.17, 15) is 60.8 Å². The lowest BCUT2D eigenvalue weighted by Crippen LogP contribution is -2.65. The molecule has 10 unspecified atom stereocenters. The number of aliphatic hydroxyl groups is 5. The number of nitrogens with two attached hydrogens (primary N) is 2. The fraction of sp³-hybridized carbons (Fsp3) is 0.420. The predicted octanol–water partition coefficient (Wildman–Crippen LogP) is 7.60. The number of phenols is 3. The summed E-state index contributed by atoms with van der Waals surface area (Å²) >= 11 is 20.6. The summed E-state index contributed by atoms with van der Waals surface area (Å²) in [5.74, 6) is -11.9. The second kappa shape index (κ2) is 43.5.